The monoisotopic (exact) mass is 278 g/mol. The van der Waals surface area contributed by atoms with E-state index in [4.69, 9.17) is 4.74 Å². The summed E-state index contributed by atoms with van der Waals surface area (Å²) in [6.45, 7) is -0.289. The van der Waals surface area contributed by atoms with Crippen LogP contribution in [-0.4, -0.2) is 18.7 Å². The van der Waals surface area contributed by atoms with Gasteiger partial charge in [0.2, 0.25) is 0 Å². The minimum atomic E-state index is -0.502. The quantitative estimate of drug-likeness (QED) is 0.674. The Hall–Kier alpha value is -2.21. The maximum Gasteiger partial charge on any atom is 0.277 e. The first-order chi connectivity index (χ1) is 9.25. The van der Waals surface area contributed by atoms with Crippen LogP contribution < -0.4 is 10.2 Å². The summed E-state index contributed by atoms with van der Waals surface area (Å²) in [7, 11) is 0. The molecule has 0 fully saturated rings. The molecule has 0 atom stereocenters. The molecule has 0 unspecified atom stereocenters. The zero-order valence-electron chi connectivity index (χ0n) is 9.88. The van der Waals surface area contributed by atoms with Crippen LogP contribution in [-0.2, 0) is 4.79 Å². The van der Waals surface area contributed by atoms with Gasteiger partial charge in [-0.15, -0.1) is 11.3 Å². The second-order valence-electron chi connectivity index (χ2n) is 3.53. The van der Waals surface area contributed by atoms with Crippen molar-refractivity contribution in [1.29, 1.82) is 0 Å². The molecule has 0 aliphatic heterocycles. The molecule has 1 amide bonds. The Labute approximate surface area is 113 Å². The van der Waals surface area contributed by atoms with E-state index >= 15 is 0 Å². The molecule has 0 radical (unpaired) electrons. The lowest BCUT2D eigenvalue weighted by atomic mass is 10.3. The molecule has 1 aromatic heterocycles. The van der Waals surface area contributed by atoms with Gasteiger partial charge in [0.25, 0.3) is 5.91 Å². The highest BCUT2D eigenvalue weighted by molar-refractivity contribution is 7.11. The van der Waals surface area contributed by atoms with Gasteiger partial charge in [-0.25, -0.2) is 9.82 Å². The highest BCUT2D eigenvalue weighted by atomic mass is 32.1. The Balaban J connectivity index is 1.78. The first-order valence-electron chi connectivity index (χ1n) is 5.48. The van der Waals surface area contributed by atoms with Gasteiger partial charge in [0, 0.05) is 4.88 Å². The predicted octanol–water partition coefficient (Wildman–Crippen LogP) is 2.42. The number of hydrogen-bond donors (Lipinski definition) is 1. The minimum absolute atomic E-state index is 0.0416. The number of hydrogen-bond acceptors (Lipinski definition) is 4. The summed E-state index contributed by atoms with van der Waals surface area (Å²) in [4.78, 5) is 12.3. The number of benzene rings is 1. The summed E-state index contributed by atoms with van der Waals surface area (Å²) in [5.74, 6) is -0.909. The number of hydrazone groups is 1. The standard InChI is InChI=1S/C13H11FN2O2S/c14-11-5-1-2-6-12(11)18-9-13(17)16-15-8-10-4-3-7-19-10/h1-8H,9H2,(H,16,17). The van der Waals surface area contributed by atoms with E-state index in [1.807, 2.05) is 17.5 Å². The van der Waals surface area contributed by atoms with Gasteiger partial charge >= 0.3 is 0 Å². The first-order valence-corrected chi connectivity index (χ1v) is 6.36. The molecule has 98 valence electrons. The van der Waals surface area contributed by atoms with Crippen molar-refractivity contribution in [2.45, 2.75) is 0 Å². The van der Waals surface area contributed by atoms with Crippen molar-refractivity contribution in [3.05, 3.63) is 52.5 Å². The van der Waals surface area contributed by atoms with Gasteiger partial charge in [-0.05, 0) is 23.6 Å². The van der Waals surface area contributed by atoms with E-state index in [0.29, 0.717) is 0 Å². The van der Waals surface area contributed by atoms with E-state index in [2.05, 4.69) is 10.5 Å². The van der Waals surface area contributed by atoms with Crippen molar-refractivity contribution in [3.8, 4) is 5.75 Å². The smallest absolute Gasteiger partial charge is 0.277 e. The number of ether oxygens (including phenoxy) is 1. The molecule has 0 bridgehead atoms. The van der Waals surface area contributed by atoms with E-state index < -0.39 is 11.7 Å². The third-order valence-corrected chi connectivity index (χ3v) is 2.93. The van der Waals surface area contributed by atoms with Crippen molar-refractivity contribution in [2.75, 3.05) is 6.61 Å². The zero-order valence-corrected chi connectivity index (χ0v) is 10.7. The second kappa shape index (κ2) is 6.65. The number of thiophene rings is 1. The number of nitrogens with one attached hydrogen (secondary N) is 1. The lowest BCUT2D eigenvalue weighted by Crippen LogP contribution is -2.24. The number of halogens is 1. The molecule has 0 aliphatic rings. The summed E-state index contributed by atoms with van der Waals surface area (Å²) < 4.78 is 18.2. The van der Waals surface area contributed by atoms with Crippen LogP contribution in [0.25, 0.3) is 0 Å². The van der Waals surface area contributed by atoms with E-state index in [-0.39, 0.29) is 12.4 Å². The summed E-state index contributed by atoms with van der Waals surface area (Å²) in [6, 6.07) is 9.66. The number of carbonyl (C=O) groups excluding carboxylic acids is 1. The van der Waals surface area contributed by atoms with Crippen molar-refractivity contribution in [2.24, 2.45) is 5.10 Å². The lowest BCUT2D eigenvalue weighted by molar-refractivity contribution is -0.123. The first kappa shape index (κ1) is 13.2. The SMILES string of the molecule is O=C(COc1ccccc1F)NN=Cc1cccs1. The summed E-state index contributed by atoms with van der Waals surface area (Å²) >= 11 is 1.51. The Bertz CT molecular complexity index is 570. The van der Waals surface area contributed by atoms with Gasteiger partial charge < -0.3 is 4.74 Å². The number of nitrogens with zero attached hydrogens (tertiary/aromatic N) is 1. The Morgan fingerprint density at radius 2 is 2.21 bits per heavy atom. The van der Waals surface area contributed by atoms with Crippen LogP contribution in [0, 0.1) is 5.82 Å². The topological polar surface area (TPSA) is 50.7 Å². The molecule has 1 heterocycles. The Morgan fingerprint density at radius 3 is 2.95 bits per heavy atom. The van der Waals surface area contributed by atoms with Crippen molar-refractivity contribution < 1.29 is 13.9 Å². The van der Waals surface area contributed by atoms with Gasteiger partial charge in [0.15, 0.2) is 18.2 Å². The van der Waals surface area contributed by atoms with E-state index in [9.17, 15) is 9.18 Å². The fourth-order valence-corrected chi connectivity index (χ4v) is 1.85. The van der Waals surface area contributed by atoms with Crippen molar-refractivity contribution >= 4 is 23.5 Å². The largest absolute Gasteiger partial charge is 0.481 e. The minimum Gasteiger partial charge on any atom is -0.481 e. The van der Waals surface area contributed by atoms with Crippen LogP contribution in [0.1, 0.15) is 4.88 Å². The molecule has 0 saturated carbocycles. The molecule has 1 N–H and O–H groups in total. The van der Waals surface area contributed by atoms with Gasteiger partial charge in [0.1, 0.15) is 0 Å². The van der Waals surface area contributed by atoms with Crippen LogP contribution in [0.15, 0.2) is 46.9 Å². The molecule has 0 saturated heterocycles. The van der Waals surface area contributed by atoms with E-state index in [1.165, 1.54) is 29.7 Å². The third kappa shape index (κ3) is 4.18. The third-order valence-electron chi connectivity index (χ3n) is 2.12. The zero-order chi connectivity index (χ0) is 13.5. The van der Waals surface area contributed by atoms with Crippen LogP contribution in [0.3, 0.4) is 0 Å². The predicted molar refractivity (Wildman–Crippen MR) is 72.0 cm³/mol. The van der Waals surface area contributed by atoms with Crippen LogP contribution in [0.2, 0.25) is 0 Å². The summed E-state index contributed by atoms with van der Waals surface area (Å²) in [6.07, 6.45) is 1.53. The van der Waals surface area contributed by atoms with Crippen LogP contribution in [0.5, 0.6) is 5.75 Å². The molecule has 1 aromatic carbocycles. The molecule has 6 heteroatoms. The number of rotatable bonds is 5. The number of amides is 1. The van der Waals surface area contributed by atoms with E-state index in [1.54, 1.807) is 12.1 Å². The Kier molecular flexibility index (Phi) is 4.63. The molecule has 2 aromatic rings. The lowest BCUT2D eigenvalue weighted by Gasteiger charge is -2.05. The summed E-state index contributed by atoms with van der Waals surface area (Å²) in [5.41, 5.74) is 2.30. The maximum atomic E-state index is 13.2. The molecular weight excluding hydrogens is 267 g/mol. The molecule has 0 aliphatic carbocycles. The fourth-order valence-electron chi connectivity index (χ4n) is 1.27. The molecule has 4 nitrogen and oxygen atoms in total. The van der Waals surface area contributed by atoms with Crippen LogP contribution >= 0.6 is 11.3 Å². The Morgan fingerprint density at radius 1 is 1.37 bits per heavy atom. The van der Waals surface area contributed by atoms with Gasteiger partial charge in [-0.1, -0.05) is 18.2 Å². The van der Waals surface area contributed by atoms with Gasteiger partial charge in [-0.2, -0.15) is 5.10 Å². The van der Waals surface area contributed by atoms with Crippen LogP contribution in [0.4, 0.5) is 4.39 Å². The fraction of sp³-hybridized carbons (Fsp3) is 0.0769. The van der Waals surface area contributed by atoms with Gasteiger partial charge in [0.05, 0.1) is 6.21 Å². The number of para-hydroxylation sites is 1. The highest BCUT2D eigenvalue weighted by Crippen LogP contribution is 2.14. The number of carbonyl (C=O) groups is 1. The summed E-state index contributed by atoms with van der Waals surface area (Å²) in [5, 5.41) is 5.67. The average molecular weight is 278 g/mol. The normalized spacial score (nSPS) is 10.6. The average Bonchev–Trinajstić information content (AvgIpc) is 2.91. The highest BCUT2D eigenvalue weighted by Gasteiger charge is 2.04. The maximum absolute atomic E-state index is 13.2. The van der Waals surface area contributed by atoms with Gasteiger partial charge in [-0.3, -0.25) is 4.79 Å². The second-order valence-corrected chi connectivity index (χ2v) is 4.51. The van der Waals surface area contributed by atoms with E-state index in [0.717, 1.165) is 4.88 Å². The van der Waals surface area contributed by atoms with Crippen molar-refractivity contribution in [3.63, 3.8) is 0 Å². The molecule has 0 spiro atoms. The molecular formula is C13H11FN2O2S. The van der Waals surface area contributed by atoms with Crippen molar-refractivity contribution in [1.82, 2.24) is 5.43 Å². The molecule has 19 heavy (non-hydrogen) atoms. The molecule has 2 rings (SSSR count).